The minimum Gasteiger partial charge on any atom is -0.397 e. The molecule has 0 spiro atoms. The highest BCUT2D eigenvalue weighted by atomic mass is 16.6. The lowest BCUT2D eigenvalue weighted by molar-refractivity contribution is -0.129. The van der Waals surface area contributed by atoms with Crippen molar-refractivity contribution in [2.45, 2.75) is 13.8 Å². The Morgan fingerprint density at radius 2 is 1.90 bits per heavy atom. The fraction of sp³-hybridized carbons (Fsp3) is 0.462. The molecule has 1 aromatic carbocycles. The van der Waals surface area contributed by atoms with Crippen LogP contribution in [0.2, 0.25) is 0 Å². The van der Waals surface area contributed by atoms with Crippen LogP contribution in [0.5, 0.6) is 0 Å². The highest BCUT2D eigenvalue weighted by molar-refractivity contribution is 5.96. The van der Waals surface area contributed by atoms with Crippen LogP contribution in [0.4, 0.5) is 11.4 Å². The van der Waals surface area contributed by atoms with Gasteiger partial charge >= 0.3 is 0 Å². The van der Waals surface area contributed by atoms with Gasteiger partial charge in [-0.15, -0.1) is 0 Å². The molecular formula is C13H19N5O2. The summed E-state index contributed by atoms with van der Waals surface area (Å²) in [6.45, 7) is 5.60. The Hall–Kier alpha value is -2.31. The molecule has 0 bridgehead atoms. The van der Waals surface area contributed by atoms with E-state index < -0.39 is 0 Å². The number of aromatic nitrogens is 2. The summed E-state index contributed by atoms with van der Waals surface area (Å²) in [7, 11) is 1.83. The Bertz CT molecular complexity index is 606. The van der Waals surface area contributed by atoms with Gasteiger partial charge in [0.05, 0.1) is 17.9 Å². The maximum atomic E-state index is 12.1. The average molecular weight is 277 g/mol. The van der Waals surface area contributed by atoms with E-state index in [2.05, 4.69) is 10.3 Å². The molecule has 0 saturated carbocycles. The average Bonchev–Trinajstić information content (AvgIpc) is 2.90. The van der Waals surface area contributed by atoms with Crippen LogP contribution in [0, 0.1) is 0 Å². The van der Waals surface area contributed by atoms with Crippen LogP contribution in [-0.4, -0.2) is 47.8 Å². The summed E-state index contributed by atoms with van der Waals surface area (Å²) >= 11 is 0. The first kappa shape index (κ1) is 14.1. The number of hydrogen-bond donors (Lipinski definition) is 1. The molecule has 0 saturated heterocycles. The minimum absolute atomic E-state index is 0.0685. The van der Waals surface area contributed by atoms with Crippen molar-refractivity contribution in [3.8, 4) is 0 Å². The first-order chi connectivity index (χ1) is 9.58. The molecule has 1 heterocycles. The predicted octanol–water partition coefficient (Wildman–Crippen LogP) is 1.11. The molecule has 1 aromatic heterocycles. The molecule has 0 atom stereocenters. The molecule has 0 aliphatic carbocycles. The molecule has 20 heavy (non-hydrogen) atoms. The molecule has 0 aliphatic rings. The standard InChI is InChI=1S/C13H19N5O2/c1-4-18(5-2)11(19)8-17(3)10-7-6-9(14)12-13(10)16-20-15-12/h6-7H,4-5,8,14H2,1-3H3. The van der Waals surface area contributed by atoms with Crippen LogP contribution in [-0.2, 0) is 4.79 Å². The number of nitrogen functional groups attached to an aromatic ring is 1. The lowest BCUT2D eigenvalue weighted by Gasteiger charge is -2.24. The van der Waals surface area contributed by atoms with Gasteiger partial charge in [0, 0.05) is 20.1 Å². The number of fused-ring (bicyclic) bond motifs is 1. The van der Waals surface area contributed by atoms with E-state index in [4.69, 9.17) is 10.4 Å². The number of nitrogens with zero attached hydrogens (tertiary/aromatic N) is 4. The van der Waals surface area contributed by atoms with Crippen molar-refractivity contribution in [3.63, 3.8) is 0 Å². The maximum Gasteiger partial charge on any atom is 0.242 e. The van der Waals surface area contributed by atoms with Gasteiger partial charge in [0.2, 0.25) is 5.91 Å². The summed E-state index contributed by atoms with van der Waals surface area (Å²) in [4.78, 5) is 15.7. The summed E-state index contributed by atoms with van der Waals surface area (Å²) < 4.78 is 4.73. The zero-order valence-electron chi connectivity index (χ0n) is 12.0. The number of nitrogens with two attached hydrogens (primary N) is 1. The van der Waals surface area contributed by atoms with Crippen molar-refractivity contribution in [1.82, 2.24) is 15.2 Å². The normalized spacial score (nSPS) is 10.8. The van der Waals surface area contributed by atoms with Crippen molar-refractivity contribution in [2.24, 2.45) is 0 Å². The van der Waals surface area contributed by atoms with Crippen LogP contribution >= 0.6 is 0 Å². The molecule has 0 radical (unpaired) electrons. The SMILES string of the molecule is CCN(CC)C(=O)CN(C)c1ccc(N)c2nonc12. The zero-order chi connectivity index (χ0) is 14.7. The third-order valence-corrected chi connectivity index (χ3v) is 3.33. The van der Waals surface area contributed by atoms with Gasteiger partial charge in [-0.3, -0.25) is 4.79 Å². The largest absolute Gasteiger partial charge is 0.397 e. The number of benzene rings is 1. The summed E-state index contributed by atoms with van der Waals surface area (Å²) in [5.41, 5.74) is 8.18. The first-order valence-electron chi connectivity index (χ1n) is 6.58. The third-order valence-electron chi connectivity index (χ3n) is 3.33. The number of anilines is 2. The van der Waals surface area contributed by atoms with Gasteiger partial charge in [-0.2, -0.15) is 0 Å². The zero-order valence-corrected chi connectivity index (χ0v) is 12.0. The second-order valence-corrected chi connectivity index (χ2v) is 4.56. The Morgan fingerprint density at radius 1 is 1.25 bits per heavy atom. The molecule has 2 aromatic rings. The van der Waals surface area contributed by atoms with E-state index >= 15 is 0 Å². The fourth-order valence-corrected chi connectivity index (χ4v) is 2.15. The lowest BCUT2D eigenvalue weighted by atomic mass is 10.2. The molecule has 0 unspecified atom stereocenters. The molecule has 0 aliphatic heterocycles. The van der Waals surface area contributed by atoms with E-state index in [0.717, 1.165) is 5.69 Å². The van der Waals surface area contributed by atoms with Crippen molar-refractivity contribution >= 4 is 28.3 Å². The van der Waals surface area contributed by atoms with E-state index in [1.54, 1.807) is 11.0 Å². The number of carbonyl (C=O) groups is 1. The van der Waals surface area contributed by atoms with Gasteiger partial charge in [0.25, 0.3) is 0 Å². The summed E-state index contributed by atoms with van der Waals surface area (Å²) in [5.74, 6) is 0.0685. The van der Waals surface area contributed by atoms with Crippen LogP contribution in [0.3, 0.4) is 0 Å². The molecule has 1 amide bonds. The molecular weight excluding hydrogens is 258 g/mol. The number of amides is 1. The van der Waals surface area contributed by atoms with Crippen LogP contribution < -0.4 is 10.6 Å². The second-order valence-electron chi connectivity index (χ2n) is 4.56. The van der Waals surface area contributed by atoms with Crippen molar-refractivity contribution in [2.75, 3.05) is 37.3 Å². The number of carbonyl (C=O) groups excluding carboxylic acids is 1. The van der Waals surface area contributed by atoms with Crippen molar-refractivity contribution < 1.29 is 9.42 Å². The Balaban J connectivity index is 2.24. The number of rotatable bonds is 5. The topological polar surface area (TPSA) is 88.5 Å². The monoisotopic (exact) mass is 277 g/mol. The van der Waals surface area contributed by atoms with E-state index in [1.165, 1.54) is 0 Å². The Morgan fingerprint density at radius 3 is 2.55 bits per heavy atom. The molecule has 7 nitrogen and oxygen atoms in total. The fourth-order valence-electron chi connectivity index (χ4n) is 2.15. The van der Waals surface area contributed by atoms with Crippen LogP contribution in [0.1, 0.15) is 13.8 Å². The van der Waals surface area contributed by atoms with E-state index in [9.17, 15) is 4.79 Å². The van der Waals surface area contributed by atoms with Gasteiger partial charge in [-0.25, -0.2) is 4.63 Å². The highest BCUT2D eigenvalue weighted by Gasteiger charge is 2.17. The van der Waals surface area contributed by atoms with E-state index in [0.29, 0.717) is 29.8 Å². The lowest BCUT2D eigenvalue weighted by Crippen LogP contribution is -2.38. The summed E-state index contributed by atoms with van der Waals surface area (Å²) in [5, 5.41) is 7.64. The van der Waals surface area contributed by atoms with Crippen LogP contribution in [0.25, 0.3) is 11.0 Å². The van der Waals surface area contributed by atoms with Gasteiger partial charge in [-0.05, 0) is 36.3 Å². The van der Waals surface area contributed by atoms with Crippen molar-refractivity contribution in [1.29, 1.82) is 0 Å². The van der Waals surface area contributed by atoms with Crippen LogP contribution in [0.15, 0.2) is 16.8 Å². The van der Waals surface area contributed by atoms with E-state index in [1.807, 2.05) is 31.9 Å². The smallest absolute Gasteiger partial charge is 0.242 e. The van der Waals surface area contributed by atoms with Crippen molar-refractivity contribution in [3.05, 3.63) is 12.1 Å². The second kappa shape index (κ2) is 5.77. The summed E-state index contributed by atoms with van der Waals surface area (Å²) in [6.07, 6.45) is 0. The number of likely N-dealkylation sites (N-methyl/N-ethyl adjacent to an activating group) is 2. The maximum absolute atomic E-state index is 12.1. The molecule has 0 fully saturated rings. The Kier molecular flexibility index (Phi) is 4.07. The van der Waals surface area contributed by atoms with Gasteiger partial charge in [0.1, 0.15) is 0 Å². The molecule has 2 N–H and O–H groups in total. The quantitative estimate of drug-likeness (QED) is 0.824. The van der Waals surface area contributed by atoms with E-state index in [-0.39, 0.29) is 12.5 Å². The Labute approximate surface area is 117 Å². The summed E-state index contributed by atoms with van der Waals surface area (Å²) in [6, 6.07) is 3.55. The molecule has 7 heteroatoms. The van der Waals surface area contributed by atoms with Gasteiger partial charge < -0.3 is 15.5 Å². The predicted molar refractivity (Wildman–Crippen MR) is 77.4 cm³/mol. The molecule has 108 valence electrons. The third kappa shape index (κ3) is 2.52. The van der Waals surface area contributed by atoms with Gasteiger partial charge in [-0.1, -0.05) is 0 Å². The molecule has 2 rings (SSSR count). The number of hydrogen-bond acceptors (Lipinski definition) is 6. The first-order valence-corrected chi connectivity index (χ1v) is 6.58. The minimum atomic E-state index is 0.0685. The highest BCUT2D eigenvalue weighted by Crippen LogP contribution is 2.27. The van der Waals surface area contributed by atoms with Gasteiger partial charge in [0.15, 0.2) is 11.0 Å².